The lowest BCUT2D eigenvalue weighted by Crippen LogP contribution is -2.21. The van der Waals surface area contributed by atoms with Crippen molar-refractivity contribution in [1.29, 1.82) is 0 Å². The summed E-state index contributed by atoms with van der Waals surface area (Å²) in [5.74, 6) is 0.683. The van der Waals surface area contributed by atoms with Crippen LogP contribution in [0.15, 0.2) is 21.9 Å². The summed E-state index contributed by atoms with van der Waals surface area (Å²) in [6.45, 7) is 6.66. The number of thiophene rings is 1. The molecule has 0 radical (unpaired) electrons. The smallest absolute Gasteiger partial charge is 0.206 e. The zero-order valence-electron chi connectivity index (χ0n) is 12.4. The van der Waals surface area contributed by atoms with Crippen LogP contribution in [-0.2, 0) is 11.2 Å². The monoisotopic (exact) mass is 341 g/mol. The van der Waals surface area contributed by atoms with Gasteiger partial charge in [0.2, 0.25) is 5.13 Å². The fraction of sp³-hybridized carbons (Fsp3) is 0.500. The first-order valence-electron chi connectivity index (χ1n) is 6.71. The van der Waals surface area contributed by atoms with E-state index in [4.69, 9.17) is 0 Å². The Bertz CT molecular complexity index is 573. The Kier molecular flexibility index (Phi) is 5.78. The van der Waals surface area contributed by atoms with E-state index in [1.807, 2.05) is 20.8 Å². The van der Waals surface area contributed by atoms with E-state index in [9.17, 15) is 4.79 Å². The first kappa shape index (κ1) is 16.5. The molecule has 0 saturated heterocycles. The molecular formula is C14H19N3OS3. The predicted molar refractivity (Wildman–Crippen MR) is 91.6 cm³/mol. The normalized spacial score (nSPS) is 11.6. The molecule has 0 amide bonds. The van der Waals surface area contributed by atoms with Crippen molar-refractivity contribution in [3.8, 4) is 0 Å². The molecule has 2 aromatic rings. The lowest BCUT2D eigenvalue weighted by Gasteiger charge is -2.15. The third kappa shape index (κ3) is 5.41. The number of carbonyl (C=O) groups is 1. The number of nitrogens with one attached hydrogen (secondary N) is 1. The van der Waals surface area contributed by atoms with Crippen LogP contribution < -0.4 is 5.32 Å². The van der Waals surface area contributed by atoms with Crippen LogP contribution in [0.5, 0.6) is 0 Å². The number of ketones is 1. The van der Waals surface area contributed by atoms with Crippen molar-refractivity contribution >= 4 is 45.4 Å². The molecule has 0 aliphatic rings. The number of anilines is 1. The minimum absolute atomic E-state index is 0.231. The van der Waals surface area contributed by atoms with Gasteiger partial charge in [-0.05, 0) is 17.9 Å². The summed E-state index contributed by atoms with van der Waals surface area (Å²) in [7, 11) is 0. The topological polar surface area (TPSA) is 54.9 Å². The van der Waals surface area contributed by atoms with Crippen molar-refractivity contribution in [3.05, 3.63) is 22.4 Å². The summed E-state index contributed by atoms with van der Waals surface area (Å²) in [5.41, 5.74) is -0.292. The fourth-order valence-corrected chi connectivity index (χ4v) is 4.08. The van der Waals surface area contributed by atoms with Crippen LogP contribution in [0, 0.1) is 5.41 Å². The van der Waals surface area contributed by atoms with Crippen LogP contribution in [0.2, 0.25) is 0 Å². The van der Waals surface area contributed by atoms with Gasteiger partial charge >= 0.3 is 0 Å². The highest BCUT2D eigenvalue weighted by Crippen LogP contribution is 2.27. The van der Waals surface area contributed by atoms with Gasteiger partial charge in [0.15, 0.2) is 4.34 Å². The lowest BCUT2D eigenvalue weighted by molar-refractivity contribution is -0.123. The Morgan fingerprint density at radius 3 is 2.86 bits per heavy atom. The standard InChI is InChI=1S/C14H19N3OS3/c1-14(2,3)11(18)9-20-13-17-16-12(21-13)15-7-6-10-5-4-8-19-10/h4-5,8H,6-7,9H2,1-3H3,(H,15,16). The van der Waals surface area contributed by atoms with Crippen LogP contribution in [0.1, 0.15) is 25.6 Å². The average Bonchev–Trinajstić information content (AvgIpc) is 3.06. The SMILES string of the molecule is CC(C)(C)C(=O)CSc1nnc(NCCc2cccs2)s1. The van der Waals surface area contributed by atoms with Crippen molar-refractivity contribution in [2.45, 2.75) is 31.5 Å². The second-order valence-electron chi connectivity index (χ2n) is 5.59. The van der Waals surface area contributed by atoms with Gasteiger partial charge in [-0.1, -0.05) is 49.9 Å². The molecule has 0 fully saturated rings. The molecule has 2 aromatic heterocycles. The summed E-state index contributed by atoms with van der Waals surface area (Å²) in [6.07, 6.45) is 0.988. The van der Waals surface area contributed by atoms with Crippen LogP contribution in [-0.4, -0.2) is 28.3 Å². The second kappa shape index (κ2) is 7.38. The van der Waals surface area contributed by atoms with Gasteiger partial charge in [0.1, 0.15) is 5.78 Å². The van der Waals surface area contributed by atoms with Gasteiger partial charge in [0.25, 0.3) is 0 Å². The molecule has 21 heavy (non-hydrogen) atoms. The number of carbonyl (C=O) groups excluding carboxylic acids is 1. The molecule has 1 N–H and O–H groups in total. The summed E-state index contributed by atoms with van der Waals surface area (Å²) >= 11 is 4.73. The van der Waals surface area contributed by atoms with E-state index in [0.717, 1.165) is 22.4 Å². The predicted octanol–water partition coefficient (Wildman–Crippen LogP) is 3.96. The van der Waals surface area contributed by atoms with E-state index in [1.165, 1.54) is 28.0 Å². The molecular weight excluding hydrogens is 322 g/mol. The molecule has 0 atom stereocenters. The number of hydrogen-bond acceptors (Lipinski definition) is 7. The summed E-state index contributed by atoms with van der Waals surface area (Å²) in [5, 5.41) is 14.4. The highest BCUT2D eigenvalue weighted by atomic mass is 32.2. The average molecular weight is 342 g/mol. The van der Waals surface area contributed by atoms with Gasteiger partial charge in [-0.15, -0.1) is 21.5 Å². The number of rotatable bonds is 7. The maximum Gasteiger partial charge on any atom is 0.206 e. The Hall–Kier alpha value is -0.920. The number of Topliss-reactive ketones (excluding diaryl/α,β-unsaturated/α-hetero) is 1. The summed E-state index contributed by atoms with van der Waals surface area (Å²) < 4.78 is 0.839. The van der Waals surface area contributed by atoms with Crippen LogP contribution in [0.4, 0.5) is 5.13 Å². The molecule has 0 saturated carbocycles. The van der Waals surface area contributed by atoms with Crippen molar-refractivity contribution in [2.24, 2.45) is 5.41 Å². The van der Waals surface area contributed by atoms with Gasteiger partial charge in [0.05, 0.1) is 5.75 Å². The third-order valence-electron chi connectivity index (χ3n) is 2.80. The minimum Gasteiger partial charge on any atom is -0.360 e. The van der Waals surface area contributed by atoms with Gasteiger partial charge in [0, 0.05) is 16.8 Å². The fourth-order valence-electron chi connectivity index (χ4n) is 1.43. The van der Waals surface area contributed by atoms with Crippen LogP contribution >= 0.6 is 34.4 Å². The van der Waals surface area contributed by atoms with E-state index < -0.39 is 0 Å². The summed E-state index contributed by atoms with van der Waals surface area (Å²) in [4.78, 5) is 13.2. The number of hydrogen-bond donors (Lipinski definition) is 1. The van der Waals surface area contributed by atoms with Gasteiger partial charge in [-0.3, -0.25) is 4.79 Å². The number of aromatic nitrogens is 2. The Balaban J connectivity index is 1.75. The molecule has 4 nitrogen and oxygen atoms in total. The number of thioether (sulfide) groups is 1. The van der Waals surface area contributed by atoms with Crippen LogP contribution in [0.25, 0.3) is 0 Å². The van der Waals surface area contributed by atoms with Gasteiger partial charge < -0.3 is 5.32 Å². The minimum atomic E-state index is -0.292. The molecule has 7 heteroatoms. The first-order valence-corrected chi connectivity index (χ1v) is 9.39. The Labute approximate surface area is 137 Å². The Morgan fingerprint density at radius 1 is 1.38 bits per heavy atom. The van der Waals surface area contributed by atoms with E-state index >= 15 is 0 Å². The molecule has 0 aliphatic carbocycles. The highest BCUT2D eigenvalue weighted by molar-refractivity contribution is 8.01. The molecule has 0 bridgehead atoms. The molecule has 0 spiro atoms. The molecule has 2 heterocycles. The molecule has 0 aliphatic heterocycles. The molecule has 114 valence electrons. The maximum absolute atomic E-state index is 11.9. The molecule has 2 rings (SSSR count). The van der Waals surface area contributed by atoms with Crippen molar-refractivity contribution < 1.29 is 4.79 Å². The maximum atomic E-state index is 11.9. The van der Waals surface area contributed by atoms with Crippen molar-refractivity contribution in [1.82, 2.24) is 10.2 Å². The van der Waals surface area contributed by atoms with Crippen molar-refractivity contribution in [3.63, 3.8) is 0 Å². The quantitative estimate of drug-likeness (QED) is 0.773. The Morgan fingerprint density at radius 2 is 2.19 bits per heavy atom. The molecule has 0 unspecified atom stereocenters. The van der Waals surface area contributed by atoms with Crippen molar-refractivity contribution in [2.75, 3.05) is 17.6 Å². The number of nitrogens with zero attached hydrogens (tertiary/aromatic N) is 2. The van der Waals surface area contributed by atoms with E-state index in [0.29, 0.717) is 5.75 Å². The third-order valence-corrected chi connectivity index (χ3v) is 5.75. The van der Waals surface area contributed by atoms with Crippen LogP contribution in [0.3, 0.4) is 0 Å². The highest BCUT2D eigenvalue weighted by Gasteiger charge is 2.21. The molecule has 0 aromatic carbocycles. The second-order valence-corrected chi connectivity index (χ2v) is 8.82. The van der Waals surface area contributed by atoms with Gasteiger partial charge in [-0.2, -0.15) is 0 Å². The summed E-state index contributed by atoms with van der Waals surface area (Å²) in [6, 6.07) is 4.19. The van der Waals surface area contributed by atoms with E-state index in [1.54, 1.807) is 11.3 Å². The zero-order chi connectivity index (χ0) is 15.3. The lowest BCUT2D eigenvalue weighted by atomic mass is 9.92. The zero-order valence-corrected chi connectivity index (χ0v) is 14.8. The van der Waals surface area contributed by atoms with E-state index in [-0.39, 0.29) is 11.2 Å². The van der Waals surface area contributed by atoms with Gasteiger partial charge in [-0.25, -0.2) is 0 Å². The van der Waals surface area contributed by atoms with E-state index in [2.05, 4.69) is 33.0 Å². The largest absolute Gasteiger partial charge is 0.360 e. The first-order chi connectivity index (χ1) is 9.95.